The molecule has 106 valence electrons. The van der Waals surface area contributed by atoms with Crippen molar-refractivity contribution in [2.75, 3.05) is 18.1 Å². The lowest BCUT2D eigenvalue weighted by atomic mass is 10.2. The number of nitrogens with one attached hydrogen (secondary N) is 2. The largest absolute Gasteiger partial charge is 0.444 e. The standard InChI is InChI=1S/C12H24N2O3S/c1-9(2)14-10(15)8-18-7-6-13-11(16)17-12(3,4)5/h9H,6-8H2,1-5H3,(H,13,16)(H,14,15). The molecule has 0 aromatic rings. The molecule has 0 heterocycles. The van der Waals surface area contributed by atoms with Gasteiger partial charge in [0.1, 0.15) is 5.60 Å². The van der Waals surface area contributed by atoms with Gasteiger partial charge in [0.15, 0.2) is 0 Å². The minimum absolute atomic E-state index is 0.0206. The Labute approximate surface area is 113 Å². The minimum atomic E-state index is -0.478. The summed E-state index contributed by atoms with van der Waals surface area (Å²) < 4.78 is 5.08. The average Bonchev–Trinajstić information content (AvgIpc) is 2.12. The summed E-state index contributed by atoms with van der Waals surface area (Å²) in [6.45, 7) is 9.79. The van der Waals surface area contributed by atoms with Gasteiger partial charge in [-0.2, -0.15) is 11.8 Å². The van der Waals surface area contributed by atoms with Crippen molar-refractivity contribution < 1.29 is 14.3 Å². The van der Waals surface area contributed by atoms with E-state index in [2.05, 4.69) is 10.6 Å². The lowest BCUT2D eigenvalue weighted by molar-refractivity contribution is -0.119. The molecule has 18 heavy (non-hydrogen) atoms. The number of amides is 2. The first-order valence-electron chi connectivity index (χ1n) is 6.04. The monoisotopic (exact) mass is 276 g/mol. The first-order valence-corrected chi connectivity index (χ1v) is 7.20. The van der Waals surface area contributed by atoms with Crippen LogP contribution in [0.4, 0.5) is 4.79 Å². The fourth-order valence-corrected chi connectivity index (χ4v) is 1.73. The molecule has 0 aromatic heterocycles. The van der Waals surface area contributed by atoms with Crippen LogP contribution in [-0.4, -0.2) is 41.7 Å². The number of carbonyl (C=O) groups is 2. The van der Waals surface area contributed by atoms with E-state index in [9.17, 15) is 9.59 Å². The molecule has 0 bridgehead atoms. The molecule has 0 spiro atoms. The van der Waals surface area contributed by atoms with Crippen LogP contribution in [0.15, 0.2) is 0 Å². The summed E-state index contributed by atoms with van der Waals surface area (Å²) in [4.78, 5) is 22.6. The van der Waals surface area contributed by atoms with Gasteiger partial charge in [0, 0.05) is 18.3 Å². The van der Waals surface area contributed by atoms with Crippen LogP contribution in [-0.2, 0) is 9.53 Å². The van der Waals surface area contributed by atoms with Crippen molar-refractivity contribution in [2.24, 2.45) is 0 Å². The maximum Gasteiger partial charge on any atom is 0.407 e. The molecular formula is C12H24N2O3S. The van der Waals surface area contributed by atoms with E-state index in [1.165, 1.54) is 11.8 Å². The molecule has 0 radical (unpaired) electrons. The Morgan fingerprint density at radius 3 is 2.39 bits per heavy atom. The van der Waals surface area contributed by atoms with E-state index in [1.807, 2.05) is 34.6 Å². The zero-order chi connectivity index (χ0) is 14.2. The number of rotatable bonds is 6. The molecule has 0 rings (SSSR count). The number of hydrogen-bond donors (Lipinski definition) is 2. The van der Waals surface area contributed by atoms with Gasteiger partial charge in [-0.1, -0.05) is 0 Å². The molecule has 0 aliphatic carbocycles. The zero-order valence-electron chi connectivity index (χ0n) is 11.8. The van der Waals surface area contributed by atoms with Crippen LogP contribution in [0.2, 0.25) is 0 Å². The van der Waals surface area contributed by atoms with Gasteiger partial charge in [-0.3, -0.25) is 4.79 Å². The quantitative estimate of drug-likeness (QED) is 0.726. The van der Waals surface area contributed by atoms with Gasteiger partial charge in [-0.15, -0.1) is 0 Å². The molecule has 2 N–H and O–H groups in total. The highest BCUT2D eigenvalue weighted by Gasteiger charge is 2.15. The third-order valence-corrected chi connectivity index (χ3v) is 2.56. The van der Waals surface area contributed by atoms with Crippen LogP contribution in [0.5, 0.6) is 0 Å². The van der Waals surface area contributed by atoms with Crippen LogP contribution >= 0.6 is 11.8 Å². The smallest absolute Gasteiger partial charge is 0.407 e. The topological polar surface area (TPSA) is 67.4 Å². The normalized spacial score (nSPS) is 11.2. The van der Waals surface area contributed by atoms with Crippen LogP contribution in [0, 0.1) is 0 Å². The number of ether oxygens (including phenoxy) is 1. The predicted molar refractivity (Wildman–Crippen MR) is 74.8 cm³/mol. The highest BCUT2D eigenvalue weighted by Crippen LogP contribution is 2.06. The summed E-state index contributed by atoms with van der Waals surface area (Å²) in [6, 6.07) is 0.165. The predicted octanol–water partition coefficient (Wildman–Crippen LogP) is 1.77. The summed E-state index contributed by atoms with van der Waals surface area (Å²) >= 11 is 1.48. The molecule has 0 aromatic carbocycles. The molecule has 0 saturated heterocycles. The molecular weight excluding hydrogens is 252 g/mol. The van der Waals surface area contributed by atoms with Gasteiger partial charge in [0.05, 0.1) is 5.75 Å². The van der Waals surface area contributed by atoms with Gasteiger partial charge < -0.3 is 15.4 Å². The van der Waals surface area contributed by atoms with Crippen molar-refractivity contribution in [1.29, 1.82) is 0 Å². The maximum absolute atomic E-state index is 11.3. The second-order valence-corrected chi connectivity index (χ2v) is 6.31. The second-order valence-electron chi connectivity index (χ2n) is 5.20. The van der Waals surface area contributed by atoms with Gasteiger partial charge >= 0.3 is 6.09 Å². The second kappa shape index (κ2) is 8.24. The summed E-state index contributed by atoms with van der Waals surface area (Å²) in [7, 11) is 0. The lowest BCUT2D eigenvalue weighted by Gasteiger charge is -2.19. The molecule has 0 aliphatic heterocycles. The van der Waals surface area contributed by atoms with Gasteiger partial charge in [0.2, 0.25) is 5.91 Å². The Morgan fingerprint density at radius 1 is 1.28 bits per heavy atom. The van der Waals surface area contributed by atoms with Crippen LogP contribution in [0.1, 0.15) is 34.6 Å². The van der Waals surface area contributed by atoms with Crippen LogP contribution in [0.3, 0.4) is 0 Å². The van der Waals surface area contributed by atoms with Crippen molar-refractivity contribution in [3.05, 3.63) is 0 Å². The van der Waals surface area contributed by atoms with Gasteiger partial charge in [-0.25, -0.2) is 4.79 Å². The fourth-order valence-electron chi connectivity index (χ4n) is 1.07. The molecule has 0 unspecified atom stereocenters. The van der Waals surface area contributed by atoms with Crippen molar-refractivity contribution in [1.82, 2.24) is 10.6 Å². The number of hydrogen-bond acceptors (Lipinski definition) is 4. The van der Waals surface area contributed by atoms with Crippen molar-refractivity contribution in [3.63, 3.8) is 0 Å². The Kier molecular flexibility index (Phi) is 7.82. The molecule has 0 atom stereocenters. The average molecular weight is 276 g/mol. The summed E-state index contributed by atoms with van der Waals surface area (Å²) in [5.74, 6) is 1.12. The fraction of sp³-hybridized carbons (Fsp3) is 0.833. The Balaban J connectivity index is 3.51. The van der Waals surface area contributed by atoms with E-state index in [-0.39, 0.29) is 11.9 Å². The highest BCUT2D eigenvalue weighted by atomic mass is 32.2. The van der Waals surface area contributed by atoms with E-state index in [0.717, 1.165) is 0 Å². The zero-order valence-corrected chi connectivity index (χ0v) is 12.6. The SMILES string of the molecule is CC(C)NC(=O)CSCCNC(=O)OC(C)(C)C. The van der Waals surface area contributed by atoms with E-state index in [0.29, 0.717) is 18.1 Å². The molecule has 2 amide bonds. The van der Waals surface area contributed by atoms with Gasteiger partial charge in [0.25, 0.3) is 0 Å². The maximum atomic E-state index is 11.3. The molecule has 0 saturated carbocycles. The lowest BCUT2D eigenvalue weighted by Crippen LogP contribution is -2.34. The Morgan fingerprint density at radius 2 is 1.89 bits per heavy atom. The van der Waals surface area contributed by atoms with Crippen LogP contribution in [0.25, 0.3) is 0 Å². The summed E-state index contributed by atoms with van der Waals surface area (Å²) in [5, 5.41) is 5.44. The van der Waals surface area contributed by atoms with Crippen molar-refractivity contribution in [3.8, 4) is 0 Å². The van der Waals surface area contributed by atoms with Crippen molar-refractivity contribution >= 4 is 23.8 Å². The molecule has 5 nitrogen and oxygen atoms in total. The number of carbonyl (C=O) groups excluding carboxylic acids is 2. The Hall–Kier alpha value is -0.910. The van der Waals surface area contributed by atoms with Crippen LogP contribution < -0.4 is 10.6 Å². The Bertz CT molecular complexity index is 275. The van der Waals surface area contributed by atoms with E-state index >= 15 is 0 Å². The number of thioether (sulfide) groups is 1. The van der Waals surface area contributed by atoms with E-state index in [1.54, 1.807) is 0 Å². The van der Waals surface area contributed by atoms with Crippen molar-refractivity contribution in [2.45, 2.75) is 46.3 Å². The summed E-state index contributed by atoms with van der Waals surface area (Å²) in [5.41, 5.74) is -0.478. The summed E-state index contributed by atoms with van der Waals surface area (Å²) in [6.07, 6.45) is -0.422. The minimum Gasteiger partial charge on any atom is -0.444 e. The number of alkyl carbamates (subject to hydrolysis) is 1. The molecule has 6 heteroatoms. The highest BCUT2D eigenvalue weighted by molar-refractivity contribution is 7.99. The first kappa shape index (κ1) is 17.1. The molecule has 0 aliphatic rings. The van der Waals surface area contributed by atoms with E-state index in [4.69, 9.17) is 4.74 Å². The first-order chi connectivity index (χ1) is 8.20. The molecule has 0 fully saturated rings. The third-order valence-electron chi connectivity index (χ3n) is 1.60. The van der Waals surface area contributed by atoms with E-state index < -0.39 is 11.7 Å². The third kappa shape index (κ3) is 11.6. The van der Waals surface area contributed by atoms with Gasteiger partial charge in [-0.05, 0) is 34.6 Å².